The van der Waals surface area contributed by atoms with E-state index in [1.807, 2.05) is 6.92 Å². The van der Waals surface area contributed by atoms with E-state index < -0.39 is 0 Å². The predicted molar refractivity (Wildman–Crippen MR) is 70.6 cm³/mol. The molecule has 2 rings (SSSR count). The average Bonchev–Trinajstić information content (AvgIpc) is 2.81. The molecular weight excluding hydrogens is 252 g/mol. The summed E-state index contributed by atoms with van der Waals surface area (Å²) < 4.78 is 0. The van der Waals surface area contributed by atoms with Crippen molar-refractivity contribution in [2.45, 2.75) is 13.0 Å². The van der Waals surface area contributed by atoms with Crippen molar-refractivity contribution >= 4 is 23.3 Å². The number of nitrogens with one attached hydrogen (secondary N) is 3. The minimum Gasteiger partial charge on any atom is -0.331 e. The zero-order chi connectivity index (χ0) is 13.0. The van der Waals surface area contributed by atoms with Crippen LogP contribution in [-0.2, 0) is 0 Å². The Hall–Kier alpha value is -2.01. The summed E-state index contributed by atoms with van der Waals surface area (Å²) in [7, 11) is 0. The van der Waals surface area contributed by atoms with Gasteiger partial charge in [0.05, 0.1) is 12.2 Å². The van der Waals surface area contributed by atoms with Crippen LogP contribution in [0.3, 0.4) is 0 Å². The van der Waals surface area contributed by atoms with E-state index in [2.05, 4.69) is 20.8 Å². The van der Waals surface area contributed by atoms with Crippen molar-refractivity contribution in [3.8, 4) is 0 Å². The molecule has 1 aromatic carbocycles. The largest absolute Gasteiger partial charge is 0.331 e. The average molecular weight is 265 g/mol. The summed E-state index contributed by atoms with van der Waals surface area (Å²) in [6.07, 6.45) is 3.41. The molecule has 0 saturated carbocycles. The van der Waals surface area contributed by atoms with Gasteiger partial charge in [0.25, 0.3) is 0 Å². The Morgan fingerprint density at radius 1 is 1.50 bits per heavy atom. The van der Waals surface area contributed by atoms with Gasteiger partial charge in [0.2, 0.25) is 0 Å². The molecule has 1 heterocycles. The lowest BCUT2D eigenvalue weighted by Gasteiger charge is -2.13. The fraction of sp³-hybridized carbons (Fsp3) is 0.167. The van der Waals surface area contributed by atoms with Crippen LogP contribution >= 0.6 is 11.6 Å². The van der Waals surface area contributed by atoms with Crippen molar-refractivity contribution in [3.05, 3.63) is 47.2 Å². The first-order valence-electron chi connectivity index (χ1n) is 5.47. The standard InChI is InChI=1S/C12H13ClN4O/c1-8(9-6-14-15-7-9)16-12(18)17-11-4-2-3-10(13)5-11/h2-8H,1H3,(H,14,15)(H2,16,17,18). The zero-order valence-electron chi connectivity index (χ0n) is 9.77. The van der Waals surface area contributed by atoms with Crippen LogP contribution in [0.1, 0.15) is 18.5 Å². The van der Waals surface area contributed by atoms with E-state index in [9.17, 15) is 4.79 Å². The van der Waals surface area contributed by atoms with Gasteiger partial charge in [-0.2, -0.15) is 5.10 Å². The second-order valence-electron chi connectivity index (χ2n) is 3.86. The van der Waals surface area contributed by atoms with E-state index in [1.165, 1.54) is 0 Å². The highest BCUT2D eigenvalue weighted by Crippen LogP contribution is 2.15. The van der Waals surface area contributed by atoms with Gasteiger partial charge in [0.15, 0.2) is 0 Å². The Balaban J connectivity index is 1.93. The van der Waals surface area contributed by atoms with Crippen LogP contribution in [0.2, 0.25) is 5.02 Å². The quantitative estimate of drug-likeness (QED) is 0.798. The summed E-state index contributed by atoms with van der Waals surface area (Å²) in [6.45, 7) is 1.88. The molecule has 0 aliphatic carbocycles. The molecule has 0 spiro atoms. The van der Waals surface area contributed by atoms with Gasteiger partial charge in [0.1, 0.15) is 0 Å². The fourth-order valence-corrected chi connectivity index (χ4v) is 1.70. The Labute approximate surface area is 110 Å². The lowest BCUT2D eigenvalue weighted by Crippen LogP contribution is -2.30. The van der Waals surface area contributed by atoms with Gasteiger partial charge in [-0.3, -0.25) is 5.10 Å². The maximum atomic E-state index is 11.7. The molecule has 0 fully saturated rings. The van der Waals surface area contributed by atoms with Crippen LogP contribution in [0.4, 0.5) is 10.5 Å². The number of hydrogen-bond acceptors (Lipinski definition) is 2. The Morgan fingerprint density at radius 3 is 3.00 bits per heavy atom. The number of amides is 2. The fourth-order valence-electron chi connectivity index (χ4n) is 1.51. The van der Waals surface area contributed by atoms with E-state index >= 15 is 0 Å². The number of carbonyl (C=O) groups excluding carboxylic acids is 1. The molecule has 1 unspecified atom stereocenters. The molecule has 5 nitrogen and oxygen atoms in total. The van der Waals surface area contributed by atoms with Crippen LogP contribution in [0.25, 0.3) is 0 Å². The summed E-state index contributed by atoms with van der Waals surface area (Å²) >= 11 is 5.83. The smallest absolute Gasteiger partial charge is 0.319 e. The predicted octanol–water partition coefficient (Wildman–Crippen LogP) is 2.95. The van der Waals surface area contributed by atoms with Gasteiger partial charge in [-0.1, -0.05) is 17.7 Å². The molecule has 2 aromatic rings. The van der Waals surface area contributed by atoms with Crippen molar-refractivity contribution in [1.29, 1.82) is 0 Å². The lowest BCUT2D eigenvalue weighted by molar-refractivity contribution is 0.249. The number of halogens is 1. The van der Waals surface area contributed by atoms with Gasteiger partial charge in [-0.25, -0.2) is 4.79 Å². The van der Waals surface area contributed by atoms with Gasteiger partial charge >= 0.3 is 6.03 Å². The molecule has 0 radical (unpaired) electrons. The van der Waals surface area contributed by atoms with Gasteiger partial charge < -0.3 is 10.6 Å². The molecule has 0 bridgehead atoms. The molecule has 0 saturated heterocycles. The van der Waals surface area contributed by atoms with E-state index in [1.54, 1.807) is 36.7 Å². The highest BCUT2D eigenvalue weighted by molar-refractivity contribution is 6.30. The normalized spacial score (nSPS) is 11.9. The number of hydrogen-bond donors (Lipinski definition) is 3. The van der Waals surface area contributed by atoms with Gasteiger partial charge in [-0.15, -0.1) is 0 Å². The van der Waals surface area contributed by atoms with Crippen LogP contribution in [-0.4, -0.2) is 16.2 Å². The molecular formula is C12H13ClN4O. The third kappa shape index (κ3) is 3.24. The molecule has 18 heavy (non-hydrogen) atoms. The van der Waals surface area contributed by atoms with E-state index in [-0.39, 0.29) is 12.1 Å². The van der Waals surface area contributed by atoms with Crippen LogP contribution in [0.5, 0.6) is 0 Å². The number of anilines is 1. The number of aromatic nitrogens is 2. The van der Waals surface area contributed by atoms with Crippen molar-refractivity contribution in [3.63, 3.8) is 0 Å². The molecule has 3 N–H and O–H groups in total. The third-order valence-corrected chi connectivity index (χ3v) is 2.68. The zero-order valence-corrected chi connectivity index (χ0v) is 10.5. The molecule has 1 aromatic heterocycles. The topological polar surface area (TPSA) is 69.8 Å². The number of urea groups is 1. The number of carbonyl (C=O) groups is 1. The molecule has 1 atom stereocenters. The Kier molecular flexibility index (Phi) is 3.84. The first-order valence-corrected chi connectivity index (χ1v) is 5.84. The lowest BCUT2D eigenvalue weighted by atomic mass is 10.2. The molecule has 0 aliphatic heterocycles. The van der Waals surface area contributed by atoms with E-state index in [4.69, 9.17) is 11.6 Å². The Morgan fingerprint density at radius 2 is 2.33 bits per heavy atom. The maximum Gasteiger partial charge on any atom is 0.319 e. The van der Waals surface area contributed by atoms with Crippen LogP contribution in [0, 0.1) is 0 Å². The molecule has 6 heteroatoms. The highest BCUT2D eigenvalue weighted by atomic mass is 35.5. The van der Waals surface area contributed by atoms with E-state index in [0.717, 1.165) is 5.56 Å². The minimum atomic E-state index is -0.286. The number of rotatable bonds is 3. The van der Waals surface area contributed by atoms with E-state index in [0.29, 0.717) is 10.7 Å². The van der Waals surface area contributed by atoms with Crippen molar-refractivity contribution < 1.29 is 4.79 Å². The summed E-state index contributed by atoms with van der Waals surface area (Å²) in [4.78, 5) is 11.7. The number of aromatic amines is 1. The van der Waals surface area contributed by atoms with Crippen molar-refractivity contribution in [1.82, 2.24) is 15.5 Å². The van der Waals surface area contributed by atoms with Gasteiger partial charge in [0, 0.05) is 22.5 Å². The number of H-pyrrole nitrogens is 1. The third-order valence-electron chi connectivity index (χ3n) is 2.45. The summed E-state index contributed by atoms with van der Waals surface area (Å²) in [5.74, 6) is 0. The minimum absolute atomic E-state index is 0.122. The summed E-state index contributed by atoms with van der Waals surface area (Å²) in [5.41, 5.74) is 1.57. The molecule has 2 amide bonds. The maximum absolute atomic E-state index is 11.7. The molecule has 0 aliphatic rings. The second-order valence-corrected chi connectivity index (χ2v) is 4.30. The van der Waals surface area contributed by atoms with Crippen molar-refractivity contribution in [2.75, 3.05) is 5.32 Å². The number of nitrogens with zero attached hydrogens (tertiary/aromatic N) is 1. The van der Waals surface area contributed by atoms with Gasteiger partial charge in [-0.05, 0) is 25.1 Å². The van der Waals surface area contributed by atoms with Crippen LogP contribution in [0.15, 0.2) is 36.7 Å². The Bertz CT molecular complexity index is 527. The first-order chi connectivity index (χ1) is 8.65. The summed E-state index contributed by atoms with van der Waals surface area (Å²) in [6, 6.07) is 6.57. The SMILES string of the molecule is CC(NC(=O)Nc1cccc(Cl)c1)c1cn[nH]c1. The number of benzene rings is 1. The van der Waals surface area contributed by atoms with Crippen LogP contribution < -0.4 is 10.6 Å². The monoisotopic (exact) mass is 264 g/mol. The molecule has 94 valence electrons. The first kappa shape index (κ1) is 12.4. The second kappa shape index (κ2) is 5.55. The van der Waals surface area contributed by atoms with Crippen molar-refractivity contribution in [2.24, 2.45) is 0 Å². The highest BCUT2D eigenvalue weighted by Gasteiger charge is 2.10. The summed E-state index contributed by atoms with van der Waals surface area (Å²) in [5, 5.41) is 12.6.